The molecule has 0 N–H and O–H groups in total. The van der Waals surface area contributed by atoms with Crippen molar-refractivity contribution in [2.24, 2.45) is 0 Å². The highest BCUT2D eigenvalue weighted by Crippen LogP contribution is 2.39. The molecule has 2 aromatic heterocycles. The van der Waals surface area contributed by atoms with Crippen LogP contribution in [0, 0.1) is 0 Å². The molecular formula is C29H46N4O7SSi. The van der Waals surface area contributed by atoms with Crippen LogP contribution in [0.15, 0.2) is 30.6 Å². The molecule has 3 aromatic rings. The second-order valence-corrected chi connectivity index (χ2v) is 18.8. The predicted molar refractivity (Wildman–Crippen MR) is 165 cm³/mol. The molecule has 0 bridgehead atoms. The van der Waals surface area contributed by atoms with Gasteiger partial charge in [-0.05, 0) is 62.5 Å². The summed E-state index contributed by atoms with van der Waals surface area (Å²) in [6.45, 7) is 15.4. The van der Waals surface area contributed by atoms with Crippen LogP contribution in [0.1, 0.15) is 53.2 Å². The van der Waals surface area contributed by atoms with Crippen LogP contribution in [-0.2, 0) is 35.1 Å². The van der Waals surface area contributed by atoms with Crippen molar-refractivity contribution in [3.05, 3.63) is 30.6 Å². The Labute approximate surface area is 250 Å². The first-order valence-electron chi connectivity index (χ1n) is 14.6. The van der Waals surface area contributed by atoms with Gasteiger partial charge in [0.15, 0.2) is 6.23 Å². The lowest BCUT2D eigenvalue weighted by atomic mass is 10.1. The molecule has 234 valence electrons. The number of nitrogens with zero attached hydrogens (tertiary/aromatic N) is 4. The molecule has 2 atom stereocenters. The van der Waals surface area contributed by atoms with E-state index in [1.54, 1.807) is 0 Å². The molecule has 0 amide bonds. The maximum atomic E-state index is 11.0. The quantitative estimate of drug-likeness (QED) is 0.133. The van der Waals surface area contributed by atoms with Gasteiger partial charge in [0.2, 0.25) is 8.32 Å². The van der Waals surface area contributed by atoms with E-state index in [-0.39, 0.29) is 30.6 Å². The van der Waals surface area contributed by atoms with Gasteiger partial charge in [-0.3, -0.25) is 8.86 Å². The van der Waals surface area contributed by atoms with Gasteiger partial charge in [0.05, 0.1) is 57.0 Å². The molecule has 11 nitrogen and oxygen atoms in total. The molecule has 1 unspecified atom stereocenters. The third kappa shape index (κ3) is 8.63. The minimum Gasteiger partial charge on any atom is -0.543 e. The first-order valence-corrected chi connectivity index (χ1v) is 19.4. The van der Waals surface area contributed by atoms with Crippen LogP contribution in [0.4, 0.5) is 0 Å². The summed E-state index contributed by atoms with van der Waals surface area (Å²) < 4.78 is 54.6. The Morgan fingerprint density at radius 1 is 1.17 bits per heavy atom. The number of aromatic nitrogens is 4. The monoisotopic (exact) mass is 622 g/mol. The van der Waals surface area contributed by atoms with Crippen LogP contribution < -0.4 is 4.43 Å². The van der Waals surface area contributed by atoms with Crippen molar-refractivity contribution in [3.8, 4) is 17.0 Å². The lowest BCUT2D eigenvalue weighted by Gasteiger charge is -2.36. The van der Waals surface area contributed by atoms with Crippen LogP contribution in [0.5, 0.6) is 5.75 Å². The number of rotatable bonds is 14. The van der Waals surface area contributed by atoms with Gasteiger partial charge < -0.3 is 18.6 Å². The van der Waals surface area contributed by atoms with Gasteiger partial charge >= 0.3 is 0 Å². The average molecular weight is 623 g/mol. The van der Waals surface area contributed by atoms with E-state index in [1.165, 1.54) is 0 Å². The topological polar surface area (TPSA) is 116 Å². The van der Waals surface area contributed by atoms with E-state index in [0.29, 0.717) is 19.8 Å². The number of hydrogen-bond donors (Lipinski definition) is 0. The Morgan fingerprint density at radius 3 is 2.64 bits per heavy atom. The molecule has 1 aliphatic heterocycles. The first-order chi connectivity index (χ1) is 19.7. The van der Waals surface area contributed by atoms with Crippen molar-refractivity contribution in [2.75, 3.05) is 39.3 Å². The highest BCUT2D eigenvalue weighted by molar-refractivity contribution is 7.85. The molecule has 42 heavy (non-hydrogen) atoms. The Morgan fingerprint density at radius 2 is 1.95 bits per heavy atom. The van der Waals surface area contributed by atoms with Crippen molar-refractivity contribution >= 4 is 29.3 Å². The van der Waals surface area contributed by atoms with Crippen molar-refractivity contribution in [2.45, 2.75) is 84.0 Å². The van der Waals surface area contributed by atoms with Gasteiger partial charge in [0.25, 0.3) is 10.1 Å². The highest BCUT2D eigenvalue weighted by atomic mass is 32.2. The standard InChI is InChI=1S/C29H46N4O7SSi/c1-22(21-36-16-17-39-41(5,34)35)37-15-13-32-20-23(19-30-32)28-25-18-24(40-42(6,7)29(2,3)4)11-12-26(25)33(31-28)27-10-8-9-14-38-27/h11-12,18-20,22,27H,8-10,13-17,21H2,1-7H3/t22-,27?/m0/s1. The number of benzene rings is 1. The van der Waals surface area contributed by atoms with E-state index in [1.807, 2.05) is 28.7 Å². The van der Waals surface area contributed by atoms with Crippen molar-refractivity contribution in [1.82, 2.24) is 19.6 Å². The summed E-state index contributed by atoms with van der Waals surface area (Å²) in [4.78, 5) is 0. The zero-order chi connectivity index (χ0) is 30.5. The third-order valence-corrected chi connectivity index (χ3v) is 12.7. The fourth-order valence-electron chi connectivity index (χ4n) is 4.48. The summed E-state index contributed by atoms with van der Waals surface area (Å²) >= 11 is 0. The van der Waals surface area contributed by atoms with E-state index in [4.69, 9.17) is 23.7 Å². The Balaban J connectivity index is 1.45. The Bertz CT molecular complexity index is 1430. The molecule has 0 aliphatic carbocycles. The van der Waals surface area contributed by atoms with Crippen molar-refractivity contribution < 1.29 is 31.2 Å². The van der Waals surface area contributed by atoms with E-state index < -0.39 is 18.4 Å². The molecule has 1 fully saturated rings. The van der Waals surface area contributed by atoms with Gasteiger partial charge in [0, 0.05) is 23.8 Å². The molecule has 1 saturated heterocycles. The molecule has 0 saturated carbocycles. The zero-order valence-corrected chi connectivity index (χ0v) is 27.8. The summed E-state index contributed by atoms with van der Waals surface area (Å²) in [6, 6.07) is 6.26. The van der Waals surface area contributed by atoms with E-state index in [2.05, 4.69) is 61.3 Å². The van der Waals surface area contributed by atoms with Gasteiger partial charge in [-0.25, -0.2) is 4.68 Å². The first kappa shape index (κ1) is 32.6. The molecule has 1 aliphatic rings. The molecule has 4 rings (SSSR count). The fraction of sp³-hybridized carbons (Fsp3) is 0.655. The van der Waals surface area contributed by atoms with Crippen LogP contribution >= 0.6 is 0 Å². The molecule has 0 radical (unpaired) electrons. The molecular weight excluding hydrogens is 576 g/mol. The summed E-state index contributed by atoms with van der Waals surface area (Å²) in [5.41, 5.74) is 2.79. The largest absolute Gasteiger partial charge is 0.543 e. The third-order valence-electron chi connectivity index (χ3n) is 7.79. The van der Waals surface area contributed by atoms with Crippen LogP contribution in [-0.4, -0.2) is 81.7 Å². The van der Waals surface area contributed by atoms with Crippen molar-refractivity contribution in [3.63, 3.8) is 0 Å². The SMILES string of the molecule is C[C@@H](COCCOS(C)(=O)=O)OCCn1cc(-c2nn(C3CCCCO3)c3ccc(O[Si](C)(C)C(C)(C)C)cc23)cn1. The fourth-order valence-corrected chi connectivity index (χ4v) is 5.87. The maximum Gasteiger partial charge on any atom is 0.264 e. The Kier molecular flexibility index (Phi) is 10.5. The van der Waals surface area contributed by atoms with Gasteiger partial charge in [-0.2, -0.15) is 18.6 Å². The average Bonchev–Trinajstić information content (AvgIpc) is 3.52. The predicted octanol–water partition coefficient (Wildman–Crippen LogP) is 5.38. The van der Waals surface area contributed by atoms with Gasteiger partial charge in [-0.15, -0.1) is 0 Å². The summed E-state index contributed by atoms with van der Waals surface area (Å²) in [5, 5.41) is 10.7. The summed E-state index contributed by atoms with van der Waals surface area (Å²) in [7, 11) is -5.48. The second-order valence-electron chi connectivity index (χ2n) is 12.4. The molecule has 3 heterocycles. The molecule has 1 aromatic carbocycles. The lowest BCUT2D eigenvalue weighted by Crippen LogP contribution is -2.43. The minimum atomic E-state index is -3.46. The van der Waals surface area contributed by atoms with Crippen molar-refractivity contribution in [1.29, 1.82) is 0 Å². The highest BCUT2D eigenvalue weighted by Gasteiger charge is 2.39. The maximum absolute atomic E-state index is 11.0. The van der Waals surface area contributed by atoms with E-state index in [0.717, 1.165) is 60.0 Å². The van der Waals surface area contributed by atoms with Gasteiger partial charge in [-0.1, -0.05) is 20.8 Å². The summed E-state index contributed by atoms with van der Waals surface area (Å²) in [6.07, 6.45) is 7.71. The number of ether oxygens (including phenoxy) is 3. The lowest BCUT2D eigenvalue weighted by molar-refractivity contribution is -0.0365. The van der Waals surface area contributed by atoms with Crippen LogP contribution in [0.3, 0.4) is 0 Å². The molecule has 0 spiro atoms. The summed E-state index contributed by atoms with van der Waals surface area (Å²) in [5.74, 6) is 0.860. The van der Waals surface area contributed by atoms with Crippen LogP contribution in [0.25, 0.3) is 22.2 Å². The normalized spacial score (nSPS) is 17.5. The minimum absolute atomic E-state index is 0.0111. The Hall–Kier alpha value is -2.29. The molecule has 13 heteroatoms. The number of hydrogen-bond acceptors (Lipinski definition) is 9. The zero-order valence-electron chi connectivity index (χ0n) is 26.0. The van der Waals surface area contributed by atoms with E-state index >= 15 is 0 Å². The van der Waals surface area contributed by atoms with Crippen LogP contribution in [0.2, 0.25) is 18.1 Å². The number of fused-ring (bicyclic) bond motifs is 1. The second kappa shape index (κ2) is 13.6. The van der Waals surface area contributed by atoms with Gasteiger partial charge in [0.1, 0.15) is 11.4 Å². The smallest absolute Gasteiger partial charge is 0.264 e. The van der Waals surface area contributed by atoms with E-state index in [9.17, 15) is 8.42 Å².